The van der Waals surface area contributed by atoms with E-state index in [1.165, 1.54) is 11.6 Å². The Morgan fingerprint density at radius 2 is 2.09 bits per heavy atom. The number of nitrogens with two attached hydrogens (primary N) is 1. The summed E-state index contributed by atoms with van der Waals surface area (Å²) in [6.07, 6.45) is -2.32. The summed E-state index contributed by atoms with van der Waals surface area (Å²) in [4.78, 5) is 30.2. The Bertz CT molecular complexity index is 883. The monoisotopic (exact) mass is 321 g/mol. The lowest BCUT2D eigenvalue weighted by Gasteiger charge is -2.17. The van der Waals surface area contributed by atoms with Crippen LogP contribution in [0.5, 0.6) is 0 Å². The van der Waals surface area contributed by atoms with Gasteiger partial charge in [-0.3, -0.25) is 14.3 Å². The molecule has 0 spiro atoms. The molecule has 0 radical (unpaired) electrons. The number of hydrogen-bond donors (Lipinski definition) is 4. The molecule has 2 unspecified atom stereocenters. The van der Waals surface area contributed by atoms with E-state index in [1.54, 1.807) is 6.92 Å². The van der Waals surface area contributed by atoms with Crippen molar-refractivity contribution in [2.75, 3.05) is 6.54 Å². The summed E-state index contributed by atoms with van der Waals surface area (Å²) in [6, 6.07) is 0. The summed E-state index contributed by atoms with van der Waals surface area (Å²) in [5, 5.41) is 20.3. The number of aliphatic hydroxyl groups is 2. The molecular weight excluding hydrogens is 302 g/mol. The van der Waals surface area contributed by atoms with Gasteiger partial charge in [0.25, 0.3) is 5.56 Å². The number of nitrogens with one attached hydrogen (secondary N) is 1. The largest absolute Gasteiger partial charge is 0.390 e. The average Bonchev–Trinajstić information content (AvgIpc) is 2.90. The Kier molecular flexibility index (Phi) is 5.00. The molecule has 0 aliphatic carbocycles. The number of rotatable bonds is 5. The van der Waals surface area contributed by atoms with Crippen LogP contribution in [0.1, 0.15) is 25.3 Å². The fourth-order valence-corrected chi connectivity index (χ4v) is 2.30. The van der Waals surface area contributed by atoms with Crippen molar-refractivity contribution in [3.8, 4) is 11.8 Å². The number of H-pyrrole nitrogens is 1. The molecule has 23 heavy (non-hydrogen) atoms. The normalized spacial score (nSPS) is 13.6. The van der Waals surface area contributed by atoms with Crippen LogP contribution in [0.4, 0.5) is 0 Å². The number of fused-ring (bicyclic) bond motifs is 1. The second-order valence-corrected chi connectivity index (χ2v) is 5.06. The molecule has 0 aliphatic rings. The van der Waals surface area contributed by atoms with E-state index >= 15 is 0 Å². The standard InChI is InChI=1S/C14H19N5O4/c1-3-4-7-19-9-11(18(2)14(23)17-13(9)22)16-12(19)10(21)8(20)5-6-15/h8,10,20-21H,5-7,15H2,1-2H3,(H,17,22,23). The maximum atomic E-state index is 12.1. The first-order valence-corrected chi connectivity index (χ1v) is 7.07. The van der Waals surface area contributed by atoms with Gasteiger partial charge in [-0.1, -0.05) is 5.92 Å². The highest BCUT2D eigenvalue weighted by atomic mass is 16.3. The lowest BCUT2D eigenvalue weighted by molar-refractivity contribution is 0.00826. The van der Waals surface area contributed by atoms with E-state index in [-0.39, 0.29) is 36.5 Å². The van der Waals surface area contributed by atoms with E-state index in [2.05, 4.69) is 21.8 Å². The first kappa shape index (κ1) is 17.0. The lowest BCUT2D eigenvalue weighted by atomic mass is 10.1. The molecule has 2 aromatic rings. The second-order valence-electron chi connectivity index (χ2n) is 5.06. The molecule has 0 saturated carbocycles. The Labute approximate surface area is 131 Å². The van der Waals surface area contributed by atoms with Crippen molar-refractivity contribution in [2.45, 2.75) is 32.1 Å². The topological polar surface area (TPSA) is 139 Å². The minimum atomic E-state index is -1.35. The van der Waals surface area contributed by atoms with Gasteiger partial charge in [-0.2, -0.15) is 0 Å². The van der Waals surface area contributed by atoms with Gasteiger partial charge in [-0.25, -0.2) is 9.78 Å². The van der Waals surface area contributed by atoms with Crippen molar-refractivity contribution < 1.29 is 10.2 Å². The number of aliphatic hydroxyl groups excluding tert-OH is 2. The highest BCUT2D eigenvalue weighted by molar-refractivity contribution is 5.71. The van der Waals surface area contributed by atoms with E-state index in [0.29, 0.717) is 0 Å². The fourth-order valence-electron chi connectivity index (χ4n) is 2.30. The minimum absolute atomic E-state index is 0.0652. The molecule has 9 nitrogen and oxygen atoms in total. The Balaban J connectivity index is 2.74. The summed E-state index contributed by atoms with van der Waals surface area (Å²) < 4.78 is 2.56. The highest BCUT2D eigenvalue weighted by Crippen LogP contribution is 2.21. The van der Waals surface area contributed by atoms with Crippen LogP contribution >= 0.6 is 0 Å². The zero-order valence-corrected chi connectivity index (χ0v) is 12.9. The van der Waals surface area contributed by atoms with Crippen LogP contribution in [-0.2, 0) is 13.6 Å². The van der Waals surface area contributed by atoms with Crippen molar-refractivity contribution in [3.63, 3.8) is 0 Å². The number of imidazole rings is 1. The van der Waals surface area contributed by atoms with Gasteiger partial charge in [0.15, 0.2) is 11.2 Å². The second kappa shape index (κ2) is 6.78. The third kappa shape index (κ3) is 3.05. The molecule has 0 fully saturated rings. The number of aromatic amines is 1. The molecule has 0 amide bonds. The summed E-state index contributed by atoms with van der Waals surface area (Å²) >= 11 is 0. The zero-order valence-electron chi connectivity index (χ0n) is 12.9. The molecule has 0 aliphatic heterocycles. The van der Waals surface area contributed by atoms with Crippen LogP contribution in [0.15, 0.2) is 9.59 Å². The van der Waals surface area contributed by atoms with E-state index in [9.17, 15) is 19.8 Å². The highest BCUT2D eigenvalue weighted by Gasteiger charge is 2.26. The lowest BCUT2D eigenvalue weighted by Crippen LogP contribution is -2.29. The van der Waals surface area contributed by atoms with E-state index < -0.39 is 23.5 Å². The predicted molar refractivity (Wildman–Crippen MR) is 83.7 cm³/mol. The average molecular weight is 321 g/mol. The maximum Gasteiger partial charge on any atom is 0.329 e. The van der Waals surface area contributed by atoms with Crippen molar-refractivity contribution in [1.82, 2.24) is 19.1 Å². The van der Waals surface area contributed by atoms with Gasteiger partial charge in [0, 0.05) is 7.05 Å². The quantitative estimate of drug-likeness (QED) is 0.479. The third-order valence-corrected chi connectivity index (χ3v) is 3.54. The summed E-state index contributed by atoms with van der Waals surface area (Å²) in [5.74, 6) is 5.54. The van der Waals surface area contributed by atoms with Crippen LogP contribution in [0.25, 0.3) is 11.2 Å². The van der Waals surface area contributed by atoms with Gasteiger partial charge in [0.05, 0.1) is 12.6 Å². The van der Waals surface area contributed by atoms with Crippen LogP contribution in [0, 0.1) is 11.8 Å². The number of hydrogen-bond acceptors (Lipinski definition) is 6. The van der Waals surface area contributed by atoms with Crippen molar-refractivity contribution in [3.05, 3.63) is 26.7 Å². The molecular formula is C14H19N5O4. The molecule has 0 saturated heterocycles. The van der Waals surface area contributed by atoms with Gasteiger partial charge in [-0.05, 0) is 19.9 Å². The molecule has 2 aromatic heterocycles. The van der Waals surface area contributed by atoms with E-state index in [1.807, 2.05) is 0 Å². The van der Waals surface area contributed by atoms with Gasteiger partial charge in [0.1, 0.15) is 11.9 Å². The number of aromatic nitrogens is 4. The van der Waals surface area contributed by atoms with Crippen LogP contribution in [-0.4, -0.2) is 42.0 Å². The molecule has 5 N–H and O–H groups in total. The van der Waals surface area contributed by atoms with Crippen LogP contribution in [0.2, 0.25) is 0 Å². The fraction of sp³-hybridized carbons (Fsp3) is 0.500. The van der Waals surface area contributed by atoms with Gasteiger partial charge < -0.3 is 20.5 Å². The predicted octanol–water partition coefficient (Wildman–Crippen LogP) is -1.81. The SMILES string of the molecule is CC#CCn1c(C(O)C(O)CCN)nc2c1c(=O)[nH]c(=O)n2C. The first-order valence-electron chi connectivity index (χ1n) is 7.07. The Morgan fingerprint density at radius 3 is 2.70 bits per heavy atom. The van der Waals surface area contributed by atoms with Crippen LogP contribution < -0.4 is 17.0 Å². The molecule has 0 aromatic carbocycles. The molecule has 2 heterocycles. The molecule has 0 bridgehead atoms. The van der Waals surface area contributed by atoms with Crippen molar-refractivity contribution in [1.29, 1.82) is 0 Å². The number of aryl methyl sites for hydroxylation is 1. The first-order chi connectivity index (χ1) is 10.9. The third-order valence-electron chi connectivity index (χ3n) is 3.54. The Hall–Kier alpha value is -2.41. The van der Waals surface area contributed by atoms with E-state index in [4.69, 9.17) is 5.73 Å². The zero-order chi connectivity index (χ0) is 17.1. The Morgan fingerprint density at radius 1 is 1.39 bits per heavy atom. The summed E-state index contributed by atoms with van der Waals surface area (Å²) in [6.45, 7) is 1.92. The van der Waals surface area contributed by atoms with E-state index in [0.717, 1.165) is 4.57 Å². The molecule has 124 valence electrons. The van der Waals surface area contributed by atoms with Crippen LogP contribution in [0.3, 0.4) is 0 Å². The minimum Gasteiger partial charge on any atom is -0.390 e. The summed E-state index contributed by atoms with van der Waals surface area (Å²) in [5.41, 5.74) is 4.38. The smallest absolute Gasteiger partial charge is 0.329 e. The summed E-state index contributed by atoms with van der Waals surface area (Å²) in [7, 11) is 1.45. The van der Waals surface area contributed by atoms with Gasteiger partial charge >= 0.3 is 5.69 Å². The number of nitrogens with zero attached hydrogens (tertiary/aromatic N) is 3. The molecule has 2 rings (SSSR count). The molecule has 2 atom stereocenters. The van der Waals surface area contributed by atoms with Crippen molar-refractivity contribution in [2.24, 2.45) is 12.8 Å². The molecule has 9 heteroatoms. The van der Waals surface area contributed by atoms with Gasteiger partial charge in [-0.15, -0.1) is 5.92 Å². The maximum absolute atomic E-state index is 12.1. The van der Waals surface area contributed by atoms with Gasteiger partial charge in [0.2, 0.25) is 0 Å². The van der Waals surface area contributed by atoms with Crippen molar-refractivity contribution >= 4 is 11.2 Å².